The van der Waals surface area contributed by atoms with Crippen LogP contribution in [0, 0.1) is 19.3 Å². The molecule has 16 heavy (non-hydrogen) atoms. The van der Waals surface area contributed by atoms with E-state index in [1.165, 1.54) is 0 Å². The minimum absolute atomic E-state index is 0.0250. The van der Waals surface area contributed by atoms with Crippen LogP contribution in [-0.4, -0.2) is 19.1 Å². The summed E-state index contributed by atoms with van der Waals surface area (Å²) in [7, 11) is 0. The third kappa shape index (κ3) is 3.95. The molecule has 3 nitrogen and oxygen atoms in total. The molecule has 0 radical (unpaired) electrons. The van der Waals surface area contributed by atoms with Crippen molar-refractivity contribution in [1.29, 1.82) is 0 Å². The number of halogens is 1. The van der Waals surface area contributed by atoms with E-state index in [4.69, 9.17) is 11.2 Å². The number of benzene rings is 1. The van der Waals surface area contributed by atoms with Gasteiger partial charge in [0.2, 0.25) is 0 Å². The maximum absolute atomic E-state index is 11.2. The minimum Gasteiger partial charge on any atom is -0.484 e. The fourth-order valence-corrected chi connectivity index (χ4v) is 1.30. The van der Waals surface area contributed by atoms with E-state index in [2.05, 4.69) is 27.2 Å². The Morgan fingerprint density at radius 3 is 3.00 bits per heavy atom. The zero-order chi connectivity index (χ0) is 12.0. The summed E-state index contributed by atoms with van der Waals surface area (Å²) in [5.74, 6) is 2.76. The Bertz CT molecular complexity index is 424. The zero-order valence-electron chi connectivity index (χ0n) is 8.92. The van der Waals surface area contributed by atoms with Gasteiger partial charge in [0.05, 0.1) is 6.54 Å². The van der Waals surface area contributed by atoms with Gasteiger partial charge in [-0.15, -0.1) is 6.42 Å². The highest BCUT2D eigenvalue weighted by Gasteiger charge is 2.02. The molecule has 0 spiro atoms. The van der Waals surface area contributed by atoms with Gasteiger partial charge in [0.1, 0.15) is 5.75 Å². The van der Waals surface area contributed by atoms with Crippen LogP contribution in [0.25, 0.3) is 0 Å². The van der Waals surface area contributed by atoms with Gasteiger partial charge in [-0.3, -0.25) is 4.79 Å². The first-order valence-electron chi connectivity index (χ1n) is 4.72. The van der Waals surface area contributed by atoms with Gasteiger partial charge in [0.15, 0.2) is 6.61 Å². The predicted octanol–water partition coefficient (Wildman–Crippen LogP) is 1.89. The normalized spacial score (nSPS) is 9.31. The summed E-state index contributed by atoms with van der Waals surface area (Å²) in [6.45, 7) is 2.15. The molecular formula is C12H12BrNO2. The van der Waals surface area contributed by atoms with Gasteiger partial charge < -0.3 is 10.1 Å². The van der Waals surface area contributed by atoms with Gasteiger partial charge in [-0.05, 0) is 30.7 Å². The number of terminal acetylenes is 1. The predicted molar refractivity (Wildman–Crippen MR) is 66.2 cm³/mol. The molecule has 84 valence electrons. The highest BCUT2D eigenvalue weighted by molar-refractivity contribution is 9.10. The monoisotopic (exact) mass is 281 g/mol. The largest absolute Gasteiger partial charge is 0.484 e. The molecule has 0 bridgehead atoms. The summed E-state index contributed by atoms with van der Waals surface area (Å²) >= 11 is 3.39. The summed E-state index contributed by atoms with van der Waals surface area (Å²) < 4.78 is 6.31. The molecule has 4 heteroatoms. The lowest BCUT2D eigenvalue weighted by atomic mass is 10.2. The molecule has 1 amide bonds. The summed E-state index contributed by atoms with van der Waals surface area (Å²) in [4.78, 5) is 11.2. The molecule has 0 unspecified atom stereocenters. The molecule has 0 aromatic heterocycles. The van der Waals surface area contributed by atoms with Crippen molar-refractivity contribution in [3.05, 3.63) is 28.2 Å². The third-order valence-corrected chi connectivity index (χ3v) is 2.78. The van der Waals surface area contributed by atoms with Crippen LogP contribution >= 0.6 is 15.9 Å². The number of aryl methyl sites for hydroxylation is 1. The van der Waals surface area contributed by atoms with Gasteiger partial charge in [0.25, 0.3) is 5.91 Å². The van der Waals surface area contributed by atoms with Crippen molar-refractivity contribution < 1.29 is 9.53 Å². The number of carbonyl (C=O) groups is 1. The van der Waals surface area contributed by atoms with Crippen LogP contribution in [-0.2, 0) is 4.79 Å². The fourth-order valence-electron chi connectivity index (χ4n) is 1.06. The molecule has 0 fully saturated rings. The molecule has 0 atom stereocenters. The maximum atomic E-state index is 11.2. The van der Waals surface area contributed by atoms with Crippen molar-refractivity contribution in [3.8, 4) is 18.1 Å². The van der Waals surface area contributed by atoms with Crippen LogP contribution in [0.3, 0.4) is 0 Å². The second-order valence-electron chi connectivity index (χ2n) is 3.18. The molecule has 1 N–H and O–H groups in total. The van der Waals surface area contributed by atoms with Crippen molar-refractivity contribution in [1.82, 2.24) is 5.32 Å². The van der Waals surface area contributed by atoms with Gasteiger partial charge in [0, 0.05) is 4.47 Å². The van der Waals surface area contributed by atoms with E-state index >= 15 is 0 Å². The van der Waals surface area contributed by atoms with E-state index in [0.29, 0.717) is 5.75 Å². The summed E-state index contributed by atoms with van der Waals surface area (Å²) in [6, 6.07) is 5.54. The van der Waals surface area contributed by atoms with Crippen LogP contribution in [0.4, 0.5) is 0 Å². The Labute approximate surface area is 103 Å². The third-order valence-electron chi connectivity index (χ3n) is 1.89. The standard InChI is InChI=1S/C12H12BrNO2/c1-3-6-14-12(15)8-16-10-4-5-11(13)9(2)7-10/h1,4-5,7H,6,8H2,2H3,(H,14,15). The van der Waals surface area contributed by atoms with Gasteiger partial charge >= 0.3 is 0 Å². The number of ether oxygens (including phenoxy) is 1. The second-order valence-corrected chi connectivity index (χ2v) is 4.03. The van der Waals surface area contributed by atoms with E-state index in [9.17, 15) is 4.79 Å². The van der Waals surface area contributed by atoms with Crippen LogP contribution in [0.15, 0.2) is 22.7 Å². The first kappa shape index (κ1) is 12.6. The first-order chi connectivity index (χ1) is 7.63. The molecule has 0 saturated carbocycles. The van der Waals surface area contributed by atoms with Crippen molar-refractivity contribution in [2.24, 2.45) is 0 Å². The van der Waals surface area contributed by atoms with Crippen LogP contribution in [0.1, 0.15) is 5.56 Å². The van der Waals surface area contributed by atoms with E-state index in [1.54, 1.807) is 6.07 Å². The zero-order valence-corrected chi connectivity index (χ0v) is 10.5. The van der Waals surface area contributed by atoms with Crippen LogP contribution < -0.4 is 10.1 Å². The number of rotatable bonds is 4. The van der Waals surface area contributed by atoms with E-state index in [0.717, 1.165) is 10.0 Å². The SMILES string of the molecule is C#CCNC(=O)COc1ccc(Br)c(C)c1. The maximum Gasteiger partial charge on any atom is 0.258 e. The van der Waals surface area contributed by atoms with Crippen LogP contribution in [0.2, 0.25) is 0 Å². The van der Waals surface area contributed by atoms with Gasteiger partial charge in [-0.2, -0.15) is 0 Å². The topological polar surface area (TPSA) is 38.3 Å². The number of hydrogen-bond donors (Lipinski definition) is 1. The molecule has 0 saturated heterocycles. The Kier molecular flexibility index (Phi) is 4.87. The summed E-state index contributed by atoms with van der Waals surface area (Å²) in [5, 5.41) is 2.52. The van der Waals surface area contributed by atoms with E-state index < -0.39 is 0 Å². The molecule has 0 aliphatic rings. The first-order valence-corrected chi connectivity index (χ1v) is 5.52. The quantitative estimate of drug-likeness (QED) is 0.856. The lowest BCUT2D eigenvalue weighted by molar-refractivity contribution is -0.122. The molecule has 1 rings (SSSR count). The Balaban J connectivity index is 2.46. The highest BCUT2D eigenvalue weighted by atomic mass is 79.9. The molecule has 1 aromatic carbocycles. The number of amides is 1. The molecule has 1 aromatic rings. The van der Waals surface area contributed by atoms with E-state index in [1.807, 2.05) is 19.1 Å². The van der Waals surface area contributed by atoms with Crippen molar-refractivity contribution in [2.45, 2.75) is 6.92 Å². The van der Waals surface area contributed by atoms with Crippen molar-refractivity contribution in [3.63, 3.8) is 0 Å². The molecular weight excluding hydrogens is 270 g/mol. The Morgan fingerprint density at radius 1 is 1.62 bits per heavy atom. The van der Waals surface area contributed by atoms with Crippen LogP contribution in [0.5, 0.6) is 5.75 Å². The van der Waals surface area contributed by atoms with Gasteiger partial charge in [-0.1, -0.05) is 21.9 Å². The molecule has 0 aliphatic heterocycles. The van der Waals surface area contributed by atoms with E-state index in [-0.39, 0.29) is 19.1 Å². The average molecular weight is 282 g/mol. The number of nitrogens with one attached hydrogen (secondary N) is 1. The minimum atomic E-state index is -0.224. The fraction of sp³-hybridized carbons (Fsp3) is 0.250. The lowest BCUT2D eigenvalue weighted by Gasteiger charge is -2.07. The highest BCUT2D eigenvalue weighted by Crippen LogP contribution is 2.21. The number of carbonyl (C=O) groups excluding carboxylic acids is 1. The Hall–Kier alpha value is -1.47. The van der Waals surface area contributed by atoms with Crippen molar-refractivity contribution >= 4 is 21.8 Å². The average Bonchev–Trinajstić information content (AvgIpc) is 2.28. The smallest absolute Gasteiger partial charge is 0.258 e. The summed E-state index contributed by atoms with van der Waals surface area (Å²) in [6.07, 6.45) is 5.01. The number of hydrogen-bond acceptors (Lipinski definition) is 2. The second kappa shape index (κ2) is 6.19. The lowest BCUT2D eigenvalue weighted by Crippen LogP contribution is -2.29. The molecule has 0 heterocycles. The Morgan fingerprint density at radius 2 is 2.38 bits per heavy atom. The van der Waals surface area contributed by atoms with Crippen molar-refractivity contribution in [2.75, 3.05) is 13.2 Å². The summed E-state index contributed by atoms with van der Waals surface area (Å²) in [5.41, 5.74) is 1.06. The van der Waals surface area contributed by atoms with Gasteiger partial charge in [-0.25, -0.2) is 0 Å². The molecule has 0 aliphatic carbocycles.